The highest BCUT2D eigenvalue weighted by molar-refractivity contribution is 6.04. The van der Waals surface area contributed by atoms with Crippen LogP contribution in [-0.4, -0.2) is 17.0 Å². The highest BCUT2D eigenvalue weighted by atomic mass is 16.4. The van der Waals surface area contributed by atoms with Crippen molar-refractivity contribution in [1.29, 1.82) is 0 Å². The number of amides is 1. The number of nitrogens with one attached hydrogen (secondary N) is 1. The van der Waals surface area contributed by atoms with Crippen LogP contribution in [0.2, 0.25) is 0 Å². The zero-order chi connectivity index (χ0) is 14.7. The molecule has 4 heteroatoms. The van der Waals surface area contributed by atoms with Crippen LogP contribution in [0, 0.1) is 32.6 Å². The van der Waals surface area contributed by atoms with Crippen molar-refractivity contribution in [3.05, 3.63) is 28.8 Å². The van der Waals surface area contributed by atoms with Gasteiger partial charge < -0.3 is 10.4 Å². The first-order valence-electron chi connectivity index (χ1n) is 6.35. The summed E-state index contributed by atoms with van der Waals surface area (Å²) in [6.07, 6.45) is 0. The van der Waals surface area contributed by atoms with Crippen LogP contribution in [0.1, 0.15) is 30.5 Å². The van der Waals surface area contributed by atoms with E-state index in [2.05, 4.69) is 5.32 Å². The second-order valence-electron chi connectivity index (χ2n) is 5.30. The monoisotopic (exact) mass is 263 g/mol. The summed E-state index contributed by atoms with van der Waals surface area (Å²) in [6.45, 7) is 9.31. The minimum atomic E-state index is -1.09. The first kappa shape index (κ1) is 15.2. The minimum absolute atomic E-state index is 0.246. The van der Waals surface area contributed by atoms with Crippen molar-refractivity contribution in [2.24, 2.45) is 11.8 Å². The van der Waals surface area contributed by atoms with Crippen molar-refractivity contribution in [3.8, 4) is 0 Å². The Morgan fingerprint density at radius 1 is 1.05 bits per heavy atom. The number of carbonyl (C=O) groups excluding carboxylic acids is 1. The molecule has 0 aromatic heterocycles. The average molecular weight is 263 g/mol. The third-order valence-electron chi connectivity index (χ3n) is 3.31. The van der Waals surface area contributed by atoms with Gasteiger partial charge in [0.25, 0.3) is 0 Å². The van der Waals surface area contributed by atoms with Crippen molar-refractivity contribution in [2.45, 2.75) is 34.6 Å². The fourth-order valence-electron chi connectivity index (χ4n) is 2.01. The van der Waals surface area contributed by atoms with Gasteiger partial charge in [-0.15, -0.1) is 0 Å². The van der Waals surface area contributed by atoms with Crippen molar-refractivity contribution in [2.75, 3.05) is 5.32 Å². The molecule has 1 atom stereocenters. The molecule has 0 radical (unpaired) electrons. The number of carbonyl (C=O) groups is 2. The second-order valence-corrected chi connectivity index (χ2v) is 5.30. The van der Waals surface area contributed by atoms with Crippen LogP contribution in [-0.2, 0) is 9.59 Å². The quantitative estimate of drug-likeness (QED) is 0.821. The number of aryl methyl sites for hydroxylation is 3. The number of hydrogen-bond donors (Lipinski definition) is 2. The fourth-order valence-corrected chi connectivity index (χ4v) is 2.01. The summed E-state index contributed by atoms with van der Waals surface area (Å²) in [6, 6.07) is 3.86. The van der Waals surface area contributed by atoms with E-state index in [1.807, 2.05) is 32.9 Å². The van der Waals surface area contributed by atoms with Gasteiger partial charge in [0.05, 0.1) is 0 Å². The molecule has 0 aliphatic heterocycles. The predicted molar refractivity (Wildman–Crippen MR) is 75.2 cm³/mol. The van der Waals surface area contributed by atoms with Crippen molar-refractivity contribution >= 4 is 17.6 Å². The summed E-state index contributed by atoms with van der Waals surface area (Å²) in [5.74, 6) is -2.83. The molecule has 0 saturated carbocycles. The molecule has 4 nitrogen and oxygen atoms in total. The molecule has 1 aromatic rings. The smallest absolute Gasteiger partial charge is 0.316 e. The molecular weight excluding hydrogens is 242 g/mol. The van der Waals surface area contributed by atoms with E-state index in [0.29, 0.717) is 5.69 Å². The Bertz CT molecular complexity index is 506. The maximum Gasteiger partial charge on any atom is 0.316 e. The SMILES string of the molecule is Cc1cc(C)c(NC(=O)C(C(=O)O)C(C)C)cc1C. The highest BCUT2D eigenvalue weighted by Gasteiger charge is 2.29. The molecule has 0 fully saturated rings. The van der Waals surface area contributed by atoms with Crippen LogP contribution < -0.4 is 5.32 Å². The zero-order valence-electron chi connectivity index (χ0n) is 12.1. The second kappa shape index (κ2) is 5.87. The Morgan fingerprint density at radius 3 is 2.05 bits per heavy atom. The molecule has 0 aliphatic carbocycles. The van der Waals surface area contributed by atoms with Gasteiger partial charge in [0.1, 0.15) is 5.92 Å². The lowest BCUT2D eigenvalue weighted by Crippen LogP contribution is -2.33. The van der Waals surface area contributed by atoms with Gasteiger partial charge in [-0.25, -0.2) is 0 Å². The maximum absolute atomic E-state index is 12.1. The van der Waals surface area contributed by atoms with Crippen molar-refractivity contribution in [1.82, 2.24) is 0 Å². The van der Waals surface area contributed by atoms with Crippen LogP contribution in [0.15, 0.2) is 12.1 Å². The van der Waals surface area contributed by atoms with E-state index >= 15 is 0 Å². The Balaban J connectivity index is 2.99. The molecule has 0 heterocycles. The van der Waals surface area contributed by atoms with Gasteiger partial charge in [0, 0.05) is 5.69 Å². The third-order valence-corrected chi connectivity index (χ3v) is 3.31. The van der Waals surface area contributed by atoms with E-state index in [9.17, 15) is 9.59 Å². The van der Waals surface area contributed by atoms with Gasteiger partial charge >= 0.3 is 5.97 Å². The first-order chi connectivity index (χ1) is 8.73. The van der Waals surface area contributed by atoms with Gasteiger partial charge in [-0.1, -0.05) is 19.9 Å². The van der Waals surface area contributed by atoms with Gasteiger partial charge in [-0.05, 0) is 49.4 Å². The van der Waals surface area contributed by atoms with Crippen LogP contribution in [0.25, 0.3) is 0 Å². The number of hydrogen-bond acceptors (Lipinski definition) is 2. The van der Waals surface area contributed by atoms with Crippen LogP contribution in [0.4, 0.5) is 5.69 Å². The molecule has 1 rings (SSSR count). The molecule has 0 aliphatic rings. The summed E-state index contributed by atoms with van der Waals surface area (Å²) >= 11 is 0. The molecule has 0 bridgehead atoms. The lowest BCUT2D eigenvalue weighted by Gasteiger charge is -2.17. The molecule has 1 unspecified atom stereocenters. The maximum atomic E-state index is 12.1. The Morgan fingerprint density at radius 2 is 1.58 bits per heavy atom. The standard InChI is InChI=1S/C15H21NO3/c1-8(2)13(15(18)19)14(17)16-12-7-10(4)9(3)6-11(12)5/h6-8,13H,1-5H3,(H,16,17)(H,18,19). The number of carboxylic acid groups (broad SMARTS) is 1. The first-order valence-corrected chi connectivity index (χ1v) is 6.35. The van der Waals surface area contributed by atoms with Crippen LogP contribution in [0.3, 0.4) is 0 Å². The van der Waals surface area contributed by atoms with Crippen LogP contribution in [0.5, 0.6) is 0 Å². The van der Waals surface area contributed by atoms with Gasteiger partial charge in [0.2, 0.25) is 5.91 Å². The van der Waals surface area contributed by atoms with E-state index < -0.39 is 17.8 Å². The number of anilines is 1. The lowest BCUT2D eigenvalue weighted by atomic mass is 9.94. The van der Waals surface area contributed by atoms with Gasteiger partial charge in [0.15, 0.2) is 0 Å². The van der Waals surface area contributed by atoms with E-state index in [0.717, 1.165) is 16.7 Å². The summed E-state index contributed by atoms with van der Waals surface area (Å²) in [5.41, 5.74) is 3.83. The van der Waals surface area contributed by atoms with E-state index in [1.54, 1.807) is 13.8 Å². The topological polar surface area (TPSA) is 66.4 Å². The third kappa shape index (κ3) is 3.56. The Labute approximate surface area is 113 Å². The molecule has 1 amide bonds. The zero-order valence-corrected chi connectivity index (χ0v) is 12.1. The number of carboxylic acids is 1. The minimum Gasteiger partial charge on any atom is -0.481 e. The molecule has 0 spiro atoms. The highest BCUT2D eigenvalue weighted by Crippen LogP contribution is 2.22. The van der Waals surface area contributed by atoms with Crippen LogP contribution >= 0.6 is 0 Å². The number of rotatable bonds is 4. The lowest BCUT2D eigenvalue weighted by molar-refractivity contribution is -0.147. The summed E-state index contributed by atoms with van der Waals surface area (Å²) < 4.78 is 0. The van der Waals surface area contributed by atoms with Crippen molar-refractivity contribution in [3.63, 3.8) is 0 Å². The van der Waals surface area contributed by atoms with E-state index in [1.165, 1.54) is 0 Å². The summed E-state index contributed by atoms with van der Waals surface area (Å²) in [4.78, 5) is 23.2. The largest absolute Gasteiger partial charge is 0.481 e. The van der Waals surface area contributed by atoms with Gasteiger partial charge in [-0.2, -0.15) is 0 Å². The Kier molecular flexibility index (Phi) is 4.70. The van der Waals surface area contributed by atoms with E-state index in [-0.39, 0.29) is 5.92 Å². The summed E-state index contributed by atoms with van der Waals surface area (Å²) in [7, 11) is 0. The van der Waals surface area contributed by atoms with Gasteiger partial charge in [-0.3, -0.25) is 9.59 Å². The number of aliphatic carboxylic acids is 1. The predicted octanol–water partition coefficient (Wildman–Crippen LogP) is 2.91. The molecule has 1 aromatic carbocycles. The number of benzene rings is 1. The fraction of sp³-hybridized carbons (Fsp3) is 0.467. The average Bonchev–Trinajstić information content (AvgIpc) is 2.24. The molecule has 104 valence electrons. The Hall–Kier alpha value is -1.84. The molecule has 2 N–H and O–H groups in total. The summed E-state index contributed by atoms with van der Waals surface area (Å²) in [5, 5.41) is 11.8. The normalized spacial score (nSPS) is 12.3. The molecular formula is C15H21NO3. The van der Waals surface area contributed by atoms with Crippen molar-refractivity contribution < 1.29 is 14.7 Å². The molecule has 0 saturated heterocycles. The van der Waals surface area contributed by atoms with E-state index in [4.69, 9.17) is 5.11 Å². The molecule has 19 heavy (non-hydrogen) atoms.